The number of benzene rings is 1. The fraction of sp³-hybridized carbons (Fsp3) is 0.562. The third-order valence-electron chi connectivity index (χ3n) is 3.76. The average Bonchev–Trinajstić information content (AvgIpc) is 2.40. The summed E-state index contributed by atoms with van der Waals surface area (Å²) in [5.74, 6) is 0.0584. The summed E-state index contributed by atoms with van der Waals surface area (Å²) in [6.07, 6.45) is 0. The molecule has 0 unspecified atom stereocenters. The van der Waals surface area contributed by atoms with E-state index in [1.54, 1.807) is 6.92 Å². The predicted molar refractivity (Wildman–Crippen MR) is 81.6 cm³/mol. The number of aryl methyl sites for hydroxylation is 1. The number of hydrogen-bond acceptors (Lipinski definition) is 3. The summed E-state index contributed by atoms with van der Waals surface area (Å²) in [6.45, 7) is 10.9. The molecular formula is C16H25N3O. The van der Waals surface area contributed by atoms with Crippen molar-refractivity contribution in [3.63, 3.8) is 0 Å². The van der Waals surface area contributed by atoms with E-state index in [0.717, 1.165) is 45.8 Å². The van der Waals surface area contributed by atoms with Crippen molar-refractivity contribution in [2.24, 2.45) is 0 Å². The molecule has 20 heavy (non-hydrogen) atoms. The van der Waals surface area contributed by atoms with Gasteiger partial charge in [-0.1, -0.05) is 29.8 Å². The second kappa shape index (κ2) is 7.41. The van der Waals surface area contributed by atoms with Gasteiger partial charge in [-0.25, -0.2) is 0 Å². The monoisotopic (exact) mass is 275 g/mol. The number of piperazine rings is 1. The molecule has 0 atom stereocenters. The highest BCUT2D eigenvalue weighted by Gasteiger charge is 2.16. The first-order valence-corrected chi connectivity index (χ1v) is 7.38. The van der Waals surface area contributed by atoms with E-state index in [4.69, 9.17) is 0 Å². The summed E-state index contributed by atoms with van der Waals surface area (Å²) in [6, 6.07) is 8.75. The van der Waals surface area contributed by atoms with Crippen LogP contribution >= 0.6 is 0 Å². The Balaban J connectivity index is 1.70. The topological polar surface area (TPSA) is 35.6 Å². The van der Waals surface area contributed by atoms with Crippen molar-refractivity contribution in [1.29, 1.82) is 0 Å². The summed E-state index contributed by atoms with van der Waals surface area (Å²) in [5, 5.41) is 2.86. The van der Waals surface area contributed by atoms with Gasteiger partial charge in [-0.15, -0.1) is 0 Å². The zero-order chi connectivity index (χ0) is 14.4. The zero-order valence-corrected chi connectivity index (χ0v) is 12.6. The lowest BCUT2D eigenvalue weighted by atomic mass is 10.1. The van der Waals surface area contributed by atoms with Crippen molar-refractivity contribution < 1.29 is 4.79 Å². The number of carbonyl (C=O) groups excluding carboxylic acids is 1. The molecule has 0 saturated carbocycles. The molecule has 4 nitrogen and oxygen atoms in total. The molecule has 1 aromatic rings. The molecule has 110 valence electrons. The predicted octanol–water partition coefficient (Wildman–Crippen LogP) is 1.25. The van der Waals surface area contributed by atoms with Crippen LogP contribution in [0.15, 0.2) is 24.3 Å². The first kappa shape index (κ1) is 15.0. The summed E-state index contributed by atoms with van der Waals surface area (Å²) >= 11 is 0. The molecule has 1 N–H and O–H groups in total. The van der Waals surface area contributed by atoms with Gasteiger partial charge in [0.15, 0.2) is 0 Å². The van der Waals surface area contributed by atoms with Crippen molar-refractivity contribution in [2.45, 2.75) is 20.4 Å². The molecule has 1 amide bonds. The molecule has 1 fully saturated rings. The second-order valence-electron chi connectivity index (χ2n) is 5.59. The van der Waals surface area contributed by atoms with E-state index < -0.39 is 0 Å². The van der Waals surface area contributed by atoms with E-state index in [1.807, 2.05) is 0 Å². The van der Waals surface area contributed by atoms with E-state index in [-0.39, 0.29) is 5.91 Å². The maximum atomic E-state index is 10.8. The van der Waals surface area contributed by atoms with Crippen LogP contribution in [0.25, 0.3) is 0 Å². The molecule has 1 aromatic carbocycles. The van der Waals surface area contributed by atoms with Gasteiger partial charge < -0.3 is 5.32 Å². The molecule has 0 spiro atoms. The van der Waals surface area contributed by atoms with Crippen LogP contribution in [0.1, 0.15) is 18.1 Å². The fourth-order valence-electron chi connectivity index (χ4n) is 2.63. The molecule has 1 saturated heterocycles. The number of carbonyl (C=O) groups is 1. The van der Waals surface area contributed by atoms with Crippen molar-refractivity contribution in [1.82, 2.24) is 15.1 Å². The van der Waals surface area contributed by atoms with E-state index >= 15 is 0 Å². The first-order chi connectivity index (χ1) is 9.63. The van der Waals surface area contributed by atoms with Crippen LogP contribution in [-0.2, 0) is 11.3 Å². The Kier molecular flexibility index (Phi) is 5.56. The summed E-state index contributed by atoms with van der Waals surface area (Å²) < 4.78 is 0. The molecule has 0 aromatic heterocycles. The third-order valence-corrected chi connectivity index (χ3v) is 3.76. The minimum absolute atomic E-state index is 0.0584. The van der Waals surface area contributed by atoms with Gasteiger partial charge in [0.25, 0.3) is 0 Å². The van der Waals surface area contributed by atoms with Crippen LogP contribution in [0.2, 0.25) is 0 Å². The Morgan fingerprint density at radius 1 is 1.20 bits per heavy atom. The van der Waals surface area contributed by atoms with Crippen LogP contribution < -0.4 is 5.32 Å². The van der Waals surface area contributed by atoms with Crippen molar-refractivity contribution in [3.8, 4) is 0 Å². The van der Waals surface area contributed by atoms with E-state index in [2.05, 4.69) is 46.3 Å². The lowest BCUT2D eigenvalue weighted by Crippen LogP contribution is -2.47. The molecular weight excluding hydrogens is 250 g/mol. The maximum Gasteiger partial charge on any atom is 0.216 e. The van der Waals surface area contributed by atoms with Crippen LogP contribution in [-0.4, -0.2) is 55.0 Å². The molecule has 1 heterocycles. The highest BCUT2D eigenvalue weighted by atomic mass is 16.1. The second-order valence-corrected chi connectivity index (χ2v) is 5.59. The Morgan fingerprint density at radius 3 is 2.55 bits per heavy atom. The van der Waals surface area contributed by atoms with Crippen molar-refractivity contribution in [2.75, 3.05) is 39.3 Å². The van der Waals surface area contributed by atoms with Gasteiger partial charge >= 0.3 is 0 Å². The van der Waals surface area contributed by atoms with Crippen molar-refractivity contribution in [3.05, 3.63) is 35.4 Å². The van der Waals surface area contributed by atoms with Gasteiger partial charge in [0.2, 0.25) is 5.91 Å². The summed E-state index contributed by atoms with van der Waals surface area (Å²) in [5.41, 5.74) is 2.73. The Morgan fingerprint density at radius 2 is 1.90 bits per heavy atom. The molecule has 0 bridgehead atoms. The molecule has 1 aliphatic heterocycles. The molecule has 1 aliphatic rings. The molecule has 4 heteroatoms. The molecule has 0 aliphatic carbocycles. The molecule has 0 radical (unpaired) electrons. The lowest BCUT2D eigenvalue weighted by molar-refractivity contribution is -0.119. The Labute approximate surface area is 121 Å². The number of rotatable bonds is 5. The Bertz CT molecular complexity index is 439. The number of nitrogens with one attached hydrogen (secondary N) is 1. The van der Waals surface area contributed by atoms with Crippen LogP contribution in [0.4, 0.5) is 0 Å². The number of nitrogens with zero attached hydrogens (tertiary/aromatic N) is 2. The van der Waals surface area contributed by atoms with Crippen LogP contribution in [0, 0.1) is 6.92 Å². The van der Waals surface area contributed by atoms with E-state index in [0.29, 0.717) is 0 Å². The van der Waals surface area contributed by atoms with Gasteiger partial charge in [0.05, 0.1) is 0 Å². The maximum absolute atomic E-state index is 10.8. The summed E-state index contributed by atoms with van der Waals surface area (Å²) in [7, 11) is 0. The highest BCUT2D eigenvalue weighted by Crippen LogP contribution is 2.10. The standard InChI is InChI=1S/C16H25N3O/c1-14-4-3-5-16(12-14)13-19-10-8-18(9-11-19)7-6-17-15(2)20/h3-5,12H,6-11,13H2,1-2H3,(H,17,20). The van der Waals surface area contributed by atoms with Gasteiger partial charge in [0, 0.05) is 52.7 Å². The van der Waals surface area contributed by atoms with Crippen LogP contribution in [0.3, 0.4) is 0 Å². The third kappa shape index (κ3) is 4.94. The first-order valence-electron chi connectivity index (χ1n) is 7.38. The van der Waals surface area contributed by atoms with Gasteiger partial charge in [-0.2, -0.15) is 0 Å². The lowest BCUT2D eigenvalue weighted by Gasteiger charge is -2.34. The van der Waals surface area contributed by atoms with Gasteiger partial charge in [-0.05, 0) is 12.5 Å². The number of amides is 1. The zero-order valence-electron chi connectivity index (χ0n) is 12.6. The average molecular weight is 275 g/mol. The Hall–Kier alpha value is -1.39. The largest absolute Gasteiger partial charge is 0.355 e. The SMILES string of the molecule is CC(=O)NCCN1CCN(Cc2cccc(C)c2)CC1. The minimum atomic E-state index is 0.0584. The van der Waals surface area contributed by atoms with E-state index in [9.17, 15) is 4.79 Å². The highest BCUT2D eigenvalue weighted by molar-refractivity contribution is 5.72. The van der Waals surface area contributed by atoms with Gasteiger partial charge in [0.1, 0.15) is 0 Å². The number of hydrogen-bond donors (Lipinski definition) is 1. The van der Waals surface area contributed by atoms with Crippen LogP contribution in [0.5, 0.6) is 0 Å². The van der Waals surface area contributed by atoms with Crippen molar-refractivity contribution >= 4 is 5.91 Å². The summed E-state index contributed by atoms with van der Waals surface area (Å²) in [4.78, 5) is 15.8. The van der Waals surface area contributed by atoms with Gasteiger partial charge in [-0.3, -0.25) is 14.6 Å². The normalized spacial score (nSPS) is 17.1. The molecule has 2 rings (SSSR count). The van der Waals surface area contributed by atoms with E-state index in [1.165, 1.54) is 11.1 Å². The minimum Gasteiger partial charge on any atom is -0.355 e. The fourth-order valence-corrected chi connectivity index (χ4v) is 2.63. The quantitative estimate of drug-likeness (QED) is 0.878. The smallest absolute Gasteiger partial charge is 0.216 e.